The fraction of sp³-hybridized carbons (Fsp3) is 0.100. The molecule has 0 aliphatic rings. The lowest BCUT2D eigenvalue weighted by Crippen LogP contribution is -1.89. The van der Waals surface area contributed by atoms with Gasteiger partial charge in [0, 0.05) is 10.9 Å². The van der Waals surface area contributed by atoms with Gasteiger partial charge in [0.2, 0.25) is 0 Å². The third kappa shape index (κ3) is 1.51. The van der Waals surface area contributed by atoms with Crippen LogP contribution in [0, 0.1) is 0 Å². The predicted molar refractivity (Wildman–Crippen MR) is 51.1 cm³/mol. The maximum Gasteiger partial charge on any atom is 0.263 e. The van der Waals surface area contributed by atoms with E-state index in [2.05, 4.69) is 4.98 Å². The maximum atomic E-state index is 12.3. The fourth-order valence-corrected chi connectivity index (χ4v) is 1.30. The molecule has 0 saturated heterocycles. The summed E-state index contributed by atoms with van der Waals surface area (Å²) in [4.78, 5) is 4.01. The smallest absolute Gasteiger partial charge is 0.263 e. The van der Waals surface area contributed by atoms with Crippen molar-refractivity contribution in [2.75, 3.05) is 5.73 Å². The van der Waals surface area contributed by atoms with Crippen LogP contribution in [-0.4, -0.2) is 4.98 Å². The van der Waals surface area contributed by atoms with Crippen molar-refractivity contribution in [2.45, 2.75) is 6.43 Å². The summed E-state index contributed by atoms with van der Waals surface area (Å²) >= 11 is 0. The van der Waals surface area contributed by atoms with Crippen molar-refractivity contribution in [3.63, 3.8) is 0 Å². The average molecular weight is 194 g/mol. The molecular weight excluding hydrogens is 186 g/mol. The molecule has 72 valence electrons. The van der Waals surface area contributed by atoms with Crippen LogP contribution in [0.25, 0.3) is 10.9 Å². The third-order valence-electron chi connectivity index (χ3n) is 1.98. The molecule has 2 N–H and O–H groups in total. The summed E-state index contributed by atoms with van der Waals surface area (Å²) in [5.74, 6) is 0. The van der Waals surface area contributed by atoms with Crippen LogP contribution in [0.5, 0.6) is 0 Å². The first kappa shape index (κ1) is 8.87. The third-order valence-corrected chi connectivity index (χ3v) is 1.98. The van der Waals surface area contributed by atoms with Crippen molar-refractivity contribution >= 4 is 16.6 Å². The lowest BCUT2D eigenvalue weighted by Gasteiger charge is -2.02. The van der Waals surface area contributed by atoms with Crippen LogP contribution in [-0.2, 0) is 0 Å². The molecule has 0 amide bonds. The molecule has 0 bridgehead atoms. The number of rotatable bonds is 1. The van der Waals surface area contributed by atoms with E-state index < -0.39 is 6.43 Å². The van der Waals surface area contributed by atoms with Crippen LogP contribution in [0.3, 0.4) is 0 Å². The molecule has 2 aromatic rings. The van der Waals surface area contributed by atoms with E-state index in [0.29, 0.717) is 16.6 Å². The lowest BCUT2D eigenvalue weighted by molar-refractivity contribution is 0.151. The van der Waals surface area contributed by atoms with Gasteiger partial charge in [-0.25, -0.2) is 8.78 Å². The van der Waals surface area contributed by atoms with Gasteiger partial charge in [0.15, 0.2) is 0 Å². The molecule has 4 heteroatoms. The normalized spacial score (nSPS) is 11.1. The SMILES string of the molecule is Nc1cnc2ccc(C(F)F)cc2c1. The number of pyridine rings is 1. The molecule has 0 aliphatic carbocycles. The van der Waals surface area contributed by atoms with Crippen LogP contribution in [0.1, 0.15) is 12.0 Å². The van der Waals surface area contributed by atoms with Crippen molar-refractivity contribution < 1.29 is 8.78 Å². The van der Waals surface area contributed by atoms with Crippen LogP contribution >= 0.6 is 0 Å². The number of benzene rings is 1. The molecule has 0 radical (unpaired) electrons. The van der Waals surface area contributed by atoms with E-state index in [1.807, 2.05) is 0 Å². The quantitative estimate of drug-likeness (QED) is 0.758. The summed E-state index contributed by atoms with van der Waals surface area (Å²) < 4.78 is 24.7. The van der Waals surface area contributed by atoms with Gasteiger partial charge in [0.1, 0.15) is 0 Å². The monoisotopic (exact) mass is 194 g/mol. The van der Waals surface area contributed by atoms with Gasteiger partial charge in [-0.2, -0.15) is 0 Å². The van der Waals surface area contributed by atoms with Crippen LogP contribution in [0.2, 0.25) is 0 Å². The summed E-state index contributed by atoms with van der Waals surface area (Å²) in [6.45, 7) is 0. The van der Waals surface area contributed by atoms with E-state index in [9.17, 15) is 8.78 Å². The minimum absolute atomic E-state index is 0.00935. The molecule has 0 unspecified atom stereocenters. The minimum Gasteiger partial charge on any atom is -0.397 e. The first-order valence-electron chi connectivity index (χ1n) is 4.10. The van der Waals surface area contributed by atoms with Gasteiger partial charge >= 0.3 is 0 Å². The van der Waals surface area contributed by atoms with Crippen molar-refractivity contribution in [3.8, 4) is 0 Å². The highest BCUT2D eigenvalue weighted by atomic mass is 19.3. The number of aromatic nitrogens is 1. The summed E-state index contributed by atoms with van der Waals surface area (Å²) in [6.07, 6.45) is -0.953. The molecule has 1 heterocycles. The number of hydrogen-bond acceptors (Lipinski definition) is 2. The van der Waals surface area contributed by atoms with Gasteiger partial charge in [0.25, 0.3) is 6.43 Å². The highest BCUT2D eigenvalue weighted by Gasteiger charge is 2.07. The van der Waals surface area contributed by atoms with E-state index in [1.54, 1.807) is 12.1 Å². The highest BCUT2D eigenvalue weighted by Crippen LogP contribution is 2.23. The lowest BCUT2D eigenvalue weighted by atomic mass is 10.1. The molecule has 0 atom stereocenters. The summed E-state index contributed by atoms with van der Waals surface area (Å²) in [5, 5.41) is 0.641. The molecule has 0 saturated carbocycles. The van der Waals surface area contributed by atoms with Crippen LogP contribution in [0.4, 0.5) is 14.5 Å². The maximum absolute atomic E-state index is 12.3. The Hall–Kier alpha value is -1.71. The molecule has 0 fully saturated rings. The zero-order valence-electron chi connectivity index (χ0n) is 7.24. The molecule has 2 nitrogen and oxygen atoms in total. The zero-order chi connectivity index (χ0) is 10.1. The van der Waals surface area contributed by atoms with E-state index in [1.165, 1.54) is 18.3 Å². The van der Waals surface area contributed by atoms with Crippen molar-refractivity contribution in [1.29, 1.82) is 0 Å². The van der Waals surface area contributed by atoms with Gasteiger partial charge in [-0.1, -0.05) is 6.07 Å². The molecule has 0 spiro atoms. The number of nitrogens with zero attached hydrogens (tertiary/aromatic N) is 1. The number of alkyl halides is 2. The first-order valence-corrected chi connectivity index (χ1v) is 4.10. The van der Waals surface area contributed by atoms with Gasteiger partial charge in [-0.15, -0.1) is 0 Å². The second-order valence-corrected chi connectivity index (χ2v) is 3.02. The summed E-state index contributed by atoms with van der Waals surface area (Å²) in [6, 6.07) is 5.98. The minimum atomic E-state index is -2.46. The number of anilines is 1. The van der Waals surface area contributed by atoms with Gasteiger partial charge in [-0.05, 0) is 18.2 Å². The Bertz CT molecular complexity index is 469. The van der Waals surface area contributed by atoms with Gasteiger partial charge < -0.3 is 5.73 Å². The van der Waals surface area contributed by atoms with Gasteiger partial charge in [-0.3, -0.25) is 4.98 Å². The number of hydrogen-bond donors (Lipinski definition) is 1. The second kappa shape index (κ2) is 3.21. The number of nitrogens with two attached hydrogens (primary N) is 1. The van der Waals surface area contributed by atoms with E-state index in [-0.39, 0.29) is 5.56 Å². The first-order chi connectivity index (χ1) is 6.66. The fourth-order valence-electron chi connectivity index (χ4n) is 1.30. The Morgan fingerprint density at radius 2 is 2.00 bits per heavy atom. The number of halogens is 2. The van der Waals surface area contributed by atoms with E-state index in [0.717, 1.165) is 0 Å². The molecule has 0 aliphatic heterocycles. The zero-order valence-corrected chi connectivity index (χ0v) is 7.24. The molecular formula is C10H8F2N2. The molecule has 14 heavy (non-hydrogen) atoms. The Kier molecular flexibility index (Phi) is 2.04. The summed E-state index contributed by atoms with van der Waals surface area (Å²) in [5.41, 5.74) is 6.64. The Balaban J connectivity index is 2.63. The predicted octanol–water partition coefficient (Wildman–Crippen LogP) is 2.75. The van der Waals surface area contributed by atoms with Crippen molar-refractivity contribution in [2.24, 2.45) is 0 Å². The van der Waals surface area contributed by atoms with E-state index in [4.69, 9.17) is 5.73 Å². The molecule has 1 aromatic carbocycles. The Morgan fingerprint density at radius 1 is 1.21 bits per heavy atom. The van der Waals surface area contributed by atoms with Gasteiger partial charge in [0.05, 0.1) is 17.4 Å². The van der Waals surface area contributed by atoms with Crippen molar-refractivity contribution in [1.82, 2.24) is 4.98 Å². The average Bonchev–Trinajstić information content (AvgIpc) is 2.16. The van der Waals surface area contributed by atoms with Crippen molar-refractivity contribution in [3.05, 3.63) is 36.0 Å². The largest absolute Gasteiger partial charge is 0.397 e. The highest BCUT2D eigenvalue weighted by molar-refractivity contribution is 5.81. The summed E-state index contributed by atoms with van der Waals surface area (Å²) in [7, 11) is 0. The molecule has 1 aromatic heterocycles. The topological polar surface area (TPSA) is 38.9 Å². The Morgan fingerprint density at radius 3 is 2.71 bits per heavy atom. The van der Waals surface area contributed by atoms with Crippen LogP contribution < -0.4 is 5.73 Å². The Labute approximate surface area is 79.4 Å². The number of nitrogen functional groups attached to an aromatic ring is 1. The van der Waals surface area contributed by atoms with Crippen LogP contribution in [0.15, 0.2) is 30.5 Å². The van der Waals surface area contributed by atoms with E-state index >= 15 is 0 Å². The number of fused-ring (bicyclic) bond motifs is 1. The second-order valence-electron chi connectivity index (χ2n) is 3.02. The standard InChI is InChI=1S/C10H8F2N2/c11-10(12)6-1-2-9-7(3-6)4-8(13)5-14-9/h1-5,10H,13H2. The molecule has 2 rings (SSSR count).